The highest BCUT2D eigenvalue weighted by atomic mass is 79.9. The monoisotopic (exact) mass is 805 g/mol. The average molecular weight is 807 g/mol. The number of nitrogens with one attached hydrogen (secondary N) is 5. The Morgan fingerprint density at radius 3 is 1.94 bits per heavy atom. The summed E-state index contributed by atoms with van der Waals surface area (Å²) in [4.78, 5) is 81.1. The molecule has 0 fully saturated rings. The minimum Gasteiger partial charge on any atom is -0.480 e. The van der Waals surface area contributed by atoms with Crippen LogP contribution < -0.4 is 26.6 Å². The average Bonchev–Trinajstić information content (AvgIpc) is 3.66. The molecule has 14 nitrogen and oxygen atoms in total. The second kappa shape index (κ2) is 17.9. The van der Waals surface area contributed by atoms with Crippen molar-refractivity contribution in [2.45, 2.75) is 55.6 Å². The van der Waals surface area contributed by atoms with Crippen LogP contribution in [0.1, 0.15) is 27.6 Å². The zero-order valence-electron chi connectivity index (χ0n) is 27.9. The second-order valence-corrected chi connectivity index (χ2v) is 14.2. The van der Waals surface area contributed by atoms with Gasteiger partial charge in [0.15, 0.2) is 12.2 Å². The van der Waals surface area contributed by atoms with E-state index >= 15 is 0 Å². The van der Waals surface area contributed by atoms with Gasteiger partial charge >= 0.3 is 5.97 Å². The van der Waals surface area contributed by atoms with Gasteiger partial charge in [0.05, 0.1) is 0 Å². The molecule has 16 heteroatoms. The van der Waals surface area contributed by atoms with Crippen LogP contribution in [0.2, 0.25) is 0 Å². The molecule has 8 N–H and O–H groups in total. The number of hydrogen-bond donors (Lipinski definition) is 8. The molecule has 53 heavy (non-hydrogen) atoms. The van der Waals surface area contributed by atoms with E-state index in [-0.39, 0.29) is 24.9 Å². The van der Waals surface area contributed by atoms with Crippen LogP contribution in [0.3, 0.4) is 0 Å². The van der Waals surface area contributed by atoms with E-state index in [4.69, 9.17) is 0 Å². The highest BCUT2D eigenvalue weighted by molar-refractivity contribution is 9.10. The molecule has 0 aliphatic carbocycles. The van der Waals surface area contributed by atoms with E-state index in [9.17, 15) is 44.1 Å². The Bertz CT molecular complexity index is 1930. The third kappa shape index (κ3) is 10.6. The van der Waals surface area contributed by atoms with Gasteiger partial charge in [0.2, 0.25) is 17.7 Å². The lowest BCUT2D eigenvalue weighted by atomic mass is 10.0. The number of thiophene rings is 1. The highest BCUT2D eigenvalue weighted by Gasteiger charge is 2.36. The number of carboxylic acids is 1. The van der Waals surface area contributed by atoms with Crippen molar-refractivity contribution in [1.82, 2.24) is 21.3 Å². The van der Waals surface area contributed by atoms with E-state index in [1.54, 1.807) is 72.1 Å². The van der Waals surface area contributed by atoms with Crippen LogP contribution in [0.5, 0.6) is 0 Å². The molecule has 6 atom stereocenters. The number of carbonyl (C=O) groups is 6. The third-order valence-corrected chi connectivity index (χ3v) is 9.83. The zero-order chi connectivity index (χ0) is 38.1. The van der Waals surface area contributed by atoms with Crippen LogP contribution in [0.25, 0.3) is 0 Å². The predicted molar refractivity (Wildman–Crippen MR) is 197 cm³/mol. The molecule has 2 aliphatic rings. The molecule has 0 radical (unpaired) electrons. The molecule has 0 saturated heterocycles. The Labute approximate surface area is 316 Å². The number of anilines is 1. The molecular formula is C37H36BrN5O9S. The molecule has 3 aromatic carbocycles. The lowest BCUT2D eigenvalue weighted by Gasteiger charge is -2.27. The first-order valence-corrected chi connectivity index (χ1v) is 18.1. The molecule has 1 unspecified atom stereocenters. The van der Waals surface area contributed by atoms with Crippen LogP contribution in [-0.2, 0) is 48.0 Å². The summed E-state index contributed by atoms with van der Waals surface area (Å²) in [5.74, 6) is -6.17. The first-order chi connectivity index (χ1) is 25.4. The van der Waals surface area contributed by atoms with Gasteiger partial charge in [-0.25, -0.2) is 4.79 Å². The van der Waals surface area contributed by atoms with Crippen molar-refractivity contribution < 1.29 is 44.1 Å². The number of hydrogen-bond acceptors (Lipinski definition) is 9. The van der Waals surface area contributed by atoms with Gasteiger partial charge in [0.1, 0.15) is 24.2 Å². The Morgan fingerprint density at radius 1 is 0.679 bits per heavy atom. The van der Waals surface area contributed by atoms with Gasteiger partial charge in [-0.1, -0.05) is 76.6 Å². The predicted octanol–water partition coefficient (Wildman–Crippen LogP) is 1.61. The first-order valence-electron chi connectivity index (χ1n) is 16.4. The summed E-state index contributed by atoms with van der Waals surface area (Å²) >= 11 is 4.64. The van der Waals surface area contributed by atoms with Gasteiger partial charge in [-0.2, -0.15) is 0 Å². The van der Waals surface area contributed by atoms with Gasteiger partial charge in [0.25, 0.3) is 11.8 Å². The largest absolute Gasteiger partial charge is 0.480 e. The zero-order valence-corrected chi connectivity index (χ0v) is 30.3. The number of aliphatic hydroxyl groups is 2. The SMILES string of the molecule is O=C1N[C@H](Cc2ccccc2)C(=O)N[C@H](C(=O)O)Cc2ccc(cc2)NC(=O)[C@H](O)[C@@H](O)C(=O)N[C@H](Cc2cccs2)C(=O)NC1c1ccc(Br)cc1. The second-order valence-electron chi connectivity index (χ2n) is 12.3. The molecule has 3 heterocycles. The van der Waals surface area contributed by atoms with Crippen molar-refractivity contribution in [1.29, 1.82) is 0 Å². The summed E-state index contributed by atoms with van der Waals surface area (Å²) in [5.41, 5.74) is 1.58. The number of aliphatic hydroxyl groups excluding tert-OH is 2. The molecular weight excluding hydrogens is 770 g/mol. The summed E-state index contributed by atoms with van der Waals surface area (Å²) in [6.07, 6.45) is -4.83. The summed E-state index contributed by atoms with van der Waals surface area (Å²) in [7, 11) is 0. The Kier molecular flexibility index (Phi) is 13.1. The number of halogens is 1. The van der Waals surface area contributed by atoms with E-state index in [2.05, 4.69) is 42.5 Å². The molecule has 4 aromatic rings. The number of aliphatic carboxylic acids is 1. The molecule has 2 bridgehead atoms. The molecule has 5 amide bonds. The van der Waals surface area contributed by atoms with Gasteiger partial charge in [0, 0.05) is 34.3 Å². The number of benzene rings is 3. The topological polar surface area (TPSA) is 223 Å². The minimum absolute atomic E-state index is 0.0303. The van der Waals surface area contributed by atoms with Crippen LogP contribution in [0.15, 0.2) is 101 Å². The van der Waals surface area contributed by atoms with Crippen molar-refractivity contribution in [3.05, 3.63) is 122 Å². The third-order valence-electron chi connectivity index (χ3n) is 8.40. The van der Waals surface area contributed by atoms with Gasteiger partial charge in [-0.3, -0.25) is 24.0 Å². The fraction of sp³-hybridized carbons (Fsp3) is 0.243. The van der Waals surface area contributed by atoms with Gasteiger partial charge in [-0.15, -0.1) is 11.3 Å². The van der Waals surface area contributed by atoms with Gasteiger partial charge in [-0.05, 0) is 52.4 Å². The van der Waals surface area contributed by atoms with Gasteiger partial charge < -0.3 is 41.9 Å². The number of carbonyl (C=O) groups excluding carboxylic acids is 5. The fourth-order valence-corrected chi connectivity index (χ4v) is 6.56. The van der Waals surface area contributed by atoms with Crippen LogP contribution in [0, 0.1) is 0 Å². The van der Waals surface area contributed by atoms with E-state index in [1.807, 2.05) is 0 Å². The summed E-state index contributed by atoms with van der Waals surface area (Å²) in [6, 6.07) is 18.9. The Balaban J connectivity index is 1.55. The van der Waals surface area contributed by atoms with Crippen molar-refractivity contribution in [2.24, 2.45) is 0 Å². The van der Waals surface area contributed by atoms with E-state index in [0.29, 0.717) is 26.0 Å². The lowest BCUT2D eigenvalue weighted by molar-refractivity contribution is -0.145. The summed E-state index contributed by atoms with van der Waals surface area (Å²) in [6.45, 7) is 0. The quantitative estimate of drug-likeness (QED) is 0.133. The smallest absolute Gasteiger partial charge is 0.326 e. The normalized spacial score (nSPS) is 23.4. The number of fused-ring (bicyclic) bond motifs is 18. The molecule has 276 valence electrons. The molecule has 6 rings (SSSR count). The highest BCUT2D eigenvalue weighted by Crippen LogP contribution is 2.20. The van der Waals surface area contributed by atoms with Crippen molar-refractivity contribution >= 4 is 68.5 Å². The molecule has 1 aromatic heterocycles. The maximum atomic E-state index is 14.2. The van der Waals surface area contributed by atoms with Crippen LogP contribution in [-0.4, -0.2) is 81.2 Å². The Hall–Kier alpha value is -5.42. The minimum atomic E-state index is -2.29. The van der Waals surface area contributed by atoms with Crippen molar-refractivity contribution in [2.75, 3.05) is 5.32 Å². The first kappa shape index (κ1) is 38.8. The van der Waals surface area contributed by atoms with Crippen LogP contribution >= 0.6 is 27.3 Å². The maximum absolute atomic E-state index is 14.2. The summed E-state index contributed by atoms with van der Waals surface area (Å²) < 4.78 is 0.672. The number of rotatable bonds is 6. The fourth-order valence-electron chi connectivity index (χ4n) is 5.54. The molecule has 0 saturated carbocycles. The standard InChI is InChI=1S/C37H36BrN5O9S/c38-23-12-10-22(11-13-23)29-34(48)40-26(17-20-5-2-1-3-6-20)32(46)42-28(37(51)52)18-21-8-14-24(15-9-21)39-35(49)30(44)31(45)36(50)41-27(33(47)43-29)19-25-7-4-16-53-25/h1-16,26-31,44-45H,17-19H2,(H,39,49)(H,40,48)(H,41,50)(H,42,46)(H,43,47)(H,51,52)/t26-,27-,28+,29?,30-,31-/m1/s1. The van der Waals surface area contributed by atoms with E-state index in [0.717, 1.165) is 0 Å². The van der Waals surface area contributed by atoms with Crippen molar-refractivity contribution in [3.63, 3.8) is 0 Å². The number of carboxylic acid groups (broad SMARTS) is 1. The van der Waals surface area contributed by atoms with Crippen LogP contribution in [0.4, 0.5) is 5.69 Å². The number of amides is 5. The summed E-state index contributed by atoms with van der Waals surface area (Å²) in [5, 5.41) is 45.8. The maximum Gasteiger partial charge on any atom is 0.326 e. The van der Waals surface area contributed by atoms with E-state index < -0.39 is 71.9 Å². The molecule has 0 spiro atoms. The Morgan fingerprint density at radius 2 is 1.30 bits per heavy atom. The lowest BCUT2D eigenvalue weighted by Crippen LogP contribution is -2.57. The van der Waals surface area contributed by atoms with Crippen molar-refractivity contribution in [3.8, 4) is 0 Å². The molecule has 2 aliphatic heterocycles. The van der Waals surface area contributed by atoms with E-state index in [1.165, 1.54) is 35.6 Å².